The first-order chi connectivity index (χ1) is 9.80. The molecule has 1 aliphatic carbocycles. The fraction of sp³-hybridized carbons (Fsp3) is 0.235. The molecule has 0 radical (unpaired) electrons. The maximum Gasteiger partial charge on any atom is 0.136 e. The third kappa shape index (κ3) is 2.39. The number of fused-ring (bicyclic) bond motifs is 2. The van der Waals surface area contributed by atoms with E-state index < -0.39 is 0 Å². The maximum atomic E-state index is 6.02. The maximum absolute atomic E-state index is 6.02. The molecule has 1 N–H and O–H groups in total. The smallest absolute Gasteiger partial charge is 0.136 e. The summed E-state index contributed by atoms with van der Waals surface area (Å²) in [5.41, 5.74) is 3.07. The second kappa shape index (κ2) is 5.37. The van der Waals surface area contributed by atoms with E-state index >= 15 is 0 Å². The topological polar surface area (TPSA) is 37.5 Å². The summed E-state index contributed by atoms with van der Waals surface area (Å²) in [6.07, 6.45) is 0. The van der Waals surface area contributed by atoms with Crippen LogP contribution in [0.2, 0.25) is 0 Å². The van der Waals surface area contributed by atoms with Crippen LogP contribution < -0.4 is 10.7 Å². The number of nitrogens with zero attached hydrogens (tertiary/aromatic N) is 1. The summed E-state index contributed by atoms with van der Waals surface area (Å²) in [6, 6.07) is 14.4. The third-order valence-electron chi connectivity index (χ3n) is 3.26. The van der Waals surface area contributed by atoms with Gasteiger partial charge in [0.15, 0.2) is 0 Å². The lowest BCUT2D eigenvalue weighted by molar-refractivity contribution is 0.618. The number of benzene rings is 2. The highest BCUT2D eigenvalue weighted by atomic mass is 16.3. The molecular formula is C17H18N2O. The van der Waals surface area contributed by atoms with Crippen molar-refractivity contribution in [2.75, 3.05) is 18.4 Å². The second-order valence-electron chi connectivity index (χ2n) is 4.73. The molecule has 0 bridgehead atoms. The Bertz CT molecular complexity index is 773. The van der Waals surface area contributed by atoms with Crippen LogP contribution in [0.25, 0.3) is 22.3 Å². The fourth-order valence-electron chi connectivity index (χ4n) is 2.35. The molecule has 0 fully saturated rings. The Morgan fingerprint density at radius 2 is 1.95 bits per heavy atom. The molecule has 0 spiro atoms. The molecule has 2 aliphatic rings. The van der Waals surface area contributed by atoms with Gasteiger partial charge in [0, 0.05) is 41.9 Å². The van der Waals surface area contributed by atoms with Crippen LogP contribution in [0.3, 0.4) is 0 Å². The first-order valence-electron chi connectivity index (χ1n) is 7.02. The Morgan fingerprint density at radius 3 is 2.75 bits per heavy atom. The number of hydrogen-bond donors (Lipinski definition) is 1. The van der Waals surface area contributed by atoms with Crippen molar-refractivity contribution in [3.8, 4) is 11.3 Å². The minimum atomic E-state index is 0.781. The highest BCUT2D eigenvalue weighted by molar-refractivity contribution is 5.85. The normalized spacial score (nSPS) is 12.2. The molecule has 0 atom stereocenters. The highest BCUT2D eigenvalue weighted by Gasteiger charge is 2.07. The zero-order valence-electron chi connectivity index (χ0n) is 11.8. The molecule has 0 unspecified atom stereocenters. The average Bonchev–Trinajstić information content (AvgIpc) is 2.46. The van der Waals surface area contributed by atoms with Gasteiger partial charge >= 0.3 is 0 Å². The molecule has 3 heteroatoms. The minimum absolute atomic E-state index is 0.781. The Hall–Kier alpha value is -2.29. The van der Waals surface area contributed by atoms with Gasteiger partial charge in [0.2, 0.25) is 0 Å². The quantitative estimate of drug-likeness (QED) is 0.730. The van der Waals surface area contributed by atoms with Crippen LogP contribution in [0.15, 0.2) is 51.9 Å². The molecule has 0 saturated carbocycles. The first-order valence-corrected chi connectivity index (χ1v) is 7.02. The van der Waals surface area contributed by atoms with Crippen molar-refractivity contribution in [2.45, 2.75) is 13.8 Å². The van der Waals surface area contributed by atoms with Crippen molar-refractivity contribution in [3.63, 3.8) is 0 Å². The molecule has 0 aromatic heterocycles. The van der Waals surface area contributed by atoms with Crippen LogP contribution in [0.1, 0.15) is 13.8 Å². The summed E-state index contributed by atoms with van der Waals surface area (Å²) in [7, 11) is 0. The van der Waals surface area contributed by atoms with Crippen LogP contribution in [0.4, 0.5) is 5.69 Å². The number of anilines is 1. The lowest BCUT2D eigenvalue weighted by atomic mass is 10.1. The molecule has 0 amide bonds. The van der Waals surface area contributed by atoms with Gasteiger partial charge in [-0.2, -0.15) is 0 Å². The van der Waals surface area contributed by atoms with Gasteiger partial charge in [0.25, 0.3) is 0 Å². The van der Waals surface area contributed by atoms with Crippen molar-refractivity contribution in [3.05, 3.63) is 47.8 Å². The fourth-order valence-corrected chi connectivity index (χ4v) is 2.35. The van der Waals surface area contributed by atoms with E-state index in [0.717, 1.165) is 46.4 Å². The molecule has 1 aromatic rings. The summed E-state index contributed by atoms with van der Waals surface area (Å²) >= 11 is 0. The predicted molar refractivity (Wildman–Crippen MR) is 83.1 cm³/mol. The monoisotopic (exact) mass is 266 g/mol. The predicted octanol–water partition coefficient (Wildman–Crippen LogP) is 3.89. The van der Waals surface area contributed by atoms with Crippen LogP contribution >= 0.6 is 0 Å². The van der Waals surface area contributed by atoms with Gasteiger partial charge in [0.1, 0.15) is 11.3 Å². The van der Waals surface area contributed by atoms with E-state index in [2.05, 4.69) is 41.5 Å². The second-order valence-corrected chi connectivity index (χ2v) is 4.73. The van der Waals surface area contributed by atoms with E-state index in [1.807, 2.05) is 25.1 Å². The van der Waals surface area contributed by atoms with Crippen molar-refractivity contribution >= 4 is 16.7 Å². The van der Waals surface area contributed by atoms with E-state index in [9.17, 15) is 0 Å². The lowest BCUT2D eigenvalue weighted by Gasteiger charge is -2.09. The Morgan fingerprint density at radius 1 is 1.05 bits per heavy atom. The molecule has 1 heterocycles. The highest BCUT2D eigenvalue weighted by Crippen LogP contribution is 2.28. The van der Waals surface area contributed by atoms with Gasteiger partial charge in [0.05, 0.1) is 5.36 Å². The van der Waals surface area contributed by atoms with Crippen LogP contribution in [0, 0.1) is 0 Å². The summed E-state index contributed by atoms with van der Waals surface area (Å²) < 4.78 is 6.02. The van der Waals surface area contributed by atoms with Crippen LogP contribution in [-0.4, -0.2) is 13.1 Å². The van der Waals surface area contributed by atoms with Gasteiger partial charge in [-0.25, -0.2) is 0 Å². The van der Waals surface area contributed by atoms with Crippen molar-refractivity contribution < 1.29 is 4.42 Å². The van der Waals surface area contributed by atoms with Crippen LogP contribution in [0.5, 0.6) is 0 Å². The summed E-state index contributed by atoms with van der Waals surface area (Å²) in [6.45, 7) is 5.80. The summed E-state index contributed by atoms with van der Waals surface area (Å²) in [5.74, 6) is 0.876. The van der Waals surface area contributed by atoms with E-state index in [0.29, 0.717) is 0 Å². The van der Waals surface area contributed by atoms with Gasteiger partial charge in [-0.3, -0.25) is 4.99 Å². The van der Waals surface area contributed by atoms with E-state index in [1.54, 1.807) is 0 Å². The molecule has 102 valence electrons. The zero-order chi connectivity index (χ0) is 13.9. The number of hydrogen-bond acceptors (Lipinski definition) is 3. The average molecular weight is 266 g/mol. The number of nitrogens with one attached hydrogen (secondary N) is 1. The van der Waals surface area contributed by atoms with Gasteiger partial charge < -0.3 is 9.73 Å². The molecule has 0 saturated heterocycles. The van der Waals surface area contributed by atoms with Crippen molar-refractivity contribution in [1.82, 2.24) is 0 Å². The van der Waals surface area contributed by atoms with Gasteiger partial charge in [-0.05, 0) is 44.2 Å². The molecule has 1 aliphatic heterocycles. The first kappa shape index (κ1) is 12.7. The van der Waals surface area contributed by atoms with Crippen molar-refractivity contribution in [2.24, 2.45) is 4.99 Å². The SMILES string of the molecule is CCN=c1ccc2cc3ccc(NCC)cc3oc-2c1. The largest absolute Gasteiger partial charge is 0.456 e. The summed E-state index contributed by atoms with van der Waals surface area (Å²) in [5, 5.41) is 5.38. The van der Waals surface area contributed by atoms with E-state index in [1.165, 1.54) is 0 Å². The lowest BCUT2D eigenvalue weighted by Crippen LogP contribution is -2.02. The van der Waals surface area contributed by atoms with Crippen LogP contribution in [-0.2, 0) is 0 Å². The van der Waals surface area contributed by atoms with Crippen molar-refractivity contribution in [1.29, 1.82) is 0 Å². The molecular weight excluding hydrogens is 248 g/mol. The molecule has 3 nitrogen and oxygen atoms in total. The third-order valence-corrected chi connectivity index (χ3v) is 3.26. The van der Waals surface area contributed by atoms with E-state index in [4.69, 9.17) is 4.42 Å². The molecule has 1 aromatic carbocycles. The minimum Gasteiger partial charge on any atom is -0.456 e. The number of rotatable bonds is 3. The van der Waals surface area contributed by atoms with Gasteiger partial charge in [-0.1, -0.05) is 0 Å². The molecule has 20 heavy (non-hydrogen) atoms. The van der Waals surface area contributed by atoms with E-state index in [-0.39, 0.29) is 0 Å². The molecule has 3 rings (SSSR count). The Labute approximate surface area is 118 Å². The van der Waals surface area contributed by atoms with Gasteiger partial charge in [-0.15, -0.1) is 0 Å². The standard InChI is InChI=1S/C17H18N2O/c1-3-18-14-7-5-12-9-13-6-8-15(19-4-2)11-17(13)20-16(12)10-14/h5-11,18H,3-4H2,1-2H3. The summed E-state index contributed by atoms with van der Waals surface area (Å²) in [4.78, 5) is 4.41. The zero-order valence-corrected chi connectivity index (χ0v) is 11.8. The Balaban J connectivity index is 2.20. The Kier molecular flexibility index (Phi) is 3.42.